The maximum atomic E-state index is 13.7. The van der Waals surface area contributed by atoms with Gasteiger partial charge in [0.05, 0.1) is 35.1 Å². The summed E-state index contributed by atoms with van der Waals surface area (Å²) in [7, 11) is -1.41. The first-order chi connectivity index (χ1) is 21.6. The summed E-state index contributed by atoms with van der Waals surface area (Å²) in [6.45, 7) is 1.98. The second-order valence-corrected chi connectivity index (χ2v) is 14.0. The molecule has 2 N–H and O–H groups in total. The number of aromatic nitrogens is 6. The molecule has 45 heavy (non-hydrogen) atoms. The number of likely N-dealkylation sites (tertiary alicyclic amines) is 1. The average Bonchev–Trinajstić information content (AvgIpc) is 3.75. The Balaban J connectivity index is 1.10. The molecule has 3 aliphatic rings. The van der Waals surface area contributed by atoms with Crippen LogP contribution in [0, 0.1) is 0 Å². The Labute approximate surface area is 259 Å². The van der Waals surface area contributed by atoms with E-state index in [4.69, 9.17) is 4.74 Å². The second kappa shape index (κ2) is 11.6. The van der Waals surface area contributed by atoms with Crippen LogP contribution in [0.15, 0.2) is 55.2 Å². The number of anilines is 3. The van der Waals surface area contributed by atoms with Gasteiger partial charge >= 0.3 is 0 Å². The molecule has 5 heterocycles. The van der Waals surface area contributed by atoms with Crippen LogP contribution in [-0.2, 0) is 10.0 Å². The highest BCUT2D eigenvalue weighted by Crippen LogP contribution is 2.41. The number of piperidine rings is 1. The van der Waals surface area contributed by atoms with E-state index in [1.807, 2.05) is 12.1 Å². The third-order valence-electron chi connectivity index (χ3n) is 8.27. The lowest BCUT2D eigenvalue weighted by Crippen LogP contribution is -2.44. The van der Waals surface area contributed by atoms with Crippen molar-refractivity contribution in [3.63, 3.8) is 0 Å². The van der Waals surface area contributed by atoms with Gasteiger partial charge in [-0.05, 0) is 50.9 Å². The van der Waals surface area contributed by atoms with Gasteiger partial charge in [-0.25, -0.2) is 32.2 Å². The monoisotopic (exact) mass is 637 g/mol. The second-order valence-electron chi connectivity index (χ2n) is 12.0. The fraction of sp³-hybridized carbons (Fsp3) is 0.433. The number of hydrogen-bond acceptors (Lipinski definition) is 11. The lowest BCUT2D eigenvalue weighted by atomic mass is 9.88. The topological polar surface area (TPSA) is 140 Å². The maximum Gasteiger partial charge on any atom is 0.256 e. The van der Waals surface area contributed by atoms with Crippen molar-refractivity contribution >= 4 is 27.3 Å². The van der Waals surface area contributed by atoms with Crippen molar-refractivity contribution < 1.29 is 21.9 Å². The van der Waals surface area contributed by atoms with E-state index in [1.165, 1.54) is 12.4 Å². The third kappa shape index (κ3) is 6.59. The highest BCUT2D eigenvalue weighted by atomic mass is 32.2. The van der Waals surface area contributed by atoms with Gasteiger partial charge in [-0.3, -0.25) is 4.98 Å². The van der Waals surface area contributed by atoms with Crippen molar-refractivity contribution in [1.82, 2.24) is 34.0 Å². The first-order valence-corrected chi connectivity index (χ1v) is 16.5. The summed E-state index contributed by atoms with van der Waals surface area (Å²) in [5, 5.41) is 10.0. The molecule has 2 saturated carbocycles. The van der Waals surface area contributed by atoms with Crippen molar-refractivity contribution in [2.24, 2.45) is 0 Å². The molecule has 0 spiro atoms. The number of ether oxygens (including phenoxy) is 1. The average molecular weight is 638 g/mol. The van der Waals surface area contributed by atoms with Crippen LogP contribution in [0.3, 0.4) is 0 Å². The summed E-state index contributed by atoms with van der Waals surface area (Å²) in [5.41, 5.74) is 2.34. The van der Waals surface area contributed by atoms with Crippen LogP contribution >= 0.6 is 0 Å². The number of hydrogen-bond donors (Lipinski definition) is 2. The number of rotatable bonds is 10. The van der Waals surface area contributed by atoms with Crippen LogP contribution in [0.25, 0.3) is 22.6 Å². The molecule has 236 valence electrons. The number of nitrogens with one attached hydrogen (secondary N) is 2. The van der Waals surface area contributed by atoms with Gasteiger partial charge in [-0.1, -0.05) is 0 Å². The predicted octanol–water partition coefficient (Wildman–Crippen LogP) is 4.56. The fourth-order valence-corrected chi connectivity index (χ4v) is 6.99. The lowest BCUT2D eigenvalue weighted by Gasteiger charge is -2.36. The molecule has 0 radical (unpaired) electrons. The summed E-state index contributed by atoms with van der Waals surface area (Å²) in [6.07, 6.45) is 10.5. The normalized spacial score (nSPS) is 19.2. The zero-order valence-electron chi connectivity index (χ0n) is 24.6. The minimum absolute atomic E-state index is 0.146. The lowest BCUT2D eigenvalue weighted by molar-refractivity contribution is -0.0793. The first-order valence-electron chi connectivity index (χ1n) is 15.0. The van der Waals surface area contributed by atoms with Crippen molar-refractivity contribution in [2.45, 2.75) is 61.8 Å². The van der Waals surface area contributed by atoms with Gasteiger partial charge < -0.3 is 20.3 Å². The molecule has 0 unspecified atom stereocenters. The van der Waals surface area contributed by atoms with Gasteiger partial charge in [-0.2, -0.15) is 9.19 Å². The molecule has 7 rings (SSSR count). The van der Waals surface area contributed by atoms with E-state index in [1.54, 1.807) is 30.7 Å². The maximum absolute atomic E-state index is 13.7. The quantitative estimate of drug-likeness (QED) is 0.253. The third-order valence-corrected chi connectivity index (χ3v) is 10.3. The Morgan fingerprint density at radius 3 is 2.49 bits per heavy atom. The molecular formula is C30H33F2N9O3S. The van der Waals surface area contributed by atoms with Crippen LogP contribution in [0.2, 0.25) is 0 Å². The molecular weight excluding hydrogens is 604 g/mol. The van der Waals surface area contributed by atoms with Crippen LogP contribution in [0.1, 0.15) is 38.5 Å². The summed E-state index contributed by atoms with van der Waals surface area (Å²) in [5.74, 6) is -0.877. The molecule has 0 aromatic carbocycles. The van der Waals surface area contributed by atoms with Gasteiger partial charge in [0.1, 0.15) is 23.5 Å². The number of alkyl halides is 2. The molecule has 2 aliphatic carbocycles. The van der Waals surface area contributed by atoms with Crippen LogP contribution < -0.4 is 15.4 Å². The number of nitrogens with zero attached hydrogens (tertiary/aromatic N) is 7. The highest BCUT2D eigenvalue weighted by molar-refractivity contribution is 7.90. The molecule has 0 amide bonds. The van der Waals surface area contributed by atoms with Gasteiger partial charge in [0.25, 0.3) is 15.9 Å². The van der Waals surface area contributed by atoms with Crippen molar-refractivity contribution in [3.05, 3.63) is 55.2 Å². The molecule has 1 saturated heterocycles. The van der Waals surface area contributed by atoms with E-state index >= 15 is 0 Å². The molecule has 4 aromatic heterocycles. The highest BCUT2D eigenvalue weighted by Gasteiger charge is 2.45. The zero-order valence-corrected chi connectivity index (χ0v) is 25.4. The van der Waals surface area contributed by atoms with Crippen molar-refractivity contribution in [2.75, 3.05) is 30.8 Å². The summed E-state index contributed by atoms with van der Waals surface area (Å²) in [6, 6.07) is 6.70. The summed E-state index contributed by atoms with van der Waals surface area (Å²) < 4.78 is 59.5. The van der Waals surface area contributed by atoms with Crippen LogP contribution in [0.4, 0.5) is 26.1 Å². The van der Waals surface area contributed by atoms with Crippen molar-refractivity contribution in [3.8, 4) is 28.4 Å². The largest absolute Gasteiger partial charge is 0.489 e. The molecule has 0 bridgehead atoms. The minimum atomic E-state index is -3.51. The van der Waals surface area contributed by atoms with E-state index in [2.05, 4.69) is 47.6 Å². The fourth-order valence-electron chi connectivity index (χ4n) is 5.51. The van der Waals surface area contributed by atoms with Crippen LogP contribution in [-0.4, -0.2) is 85.9 Å². The first kappa shape index (κ1) is 29.5. The Hall–Kier alpha value is -4.24. The van der Waals surface area contributed by atoms with Gasteiger partial charge in [0.15, 0.2) is 5.82 Å². The van der Waals surface area contributed by atoms with E-state index < -0.39 is 27.2 Å². The molecule has 4 aromatic rings. The summed E-state index contributed by atoms with van der Waals surface area (Å²) in [4.78, 5) is 20.2. The number of pyridine rings is 2. The van der Waals surface area contributed by atoms with Crippen molar-refractivity contribution in [1.29, 1.82) is 0 Å². The molecule has 0 atom stereocenters. The zero-order chi connectivity index (χ0) is 31.2. The molecule has 12 nitrogen and oxygen atoms in total. The van der Waals surface area contributed by atoms with Gasteiger partial charge in [0.2, 0.25) is 0 Å². The Morgan fingerprint density at radius 2 is 1.78 bits per heavy atom. The molecule has 15 heteroatoms. The van der Waals surface area contributed by atoms with Gasteiger partial charge in [0, 0.05) is 61.7 Å². The smallest absolute Gasteiger partial charge is 0.256 e. The van der Waals surface area contributed by atoms with E-state index in [9.17, 15) is 17.2 Å². The standard InChI is InChI=1S/C30H33F2N9O3S/c1-40-10-7-21(8-11-40)44-22-2-5-25(34-16-22)24-17-35-28(12-26(24)37-20-13-30(31,32)14-20)38-27-6-9-33-29(39-27)19-15-36-41(18-19)45(42,43)23-3-4-23/h2,5-6,9,12,15-18,20-21,23H,3-4,7-8,10-11,13-14H2,1H3,(H2,33,35,37,38,39). The predicted molar refractivity (Wildman–Crippen MR) is 164 cm³/mol. The van der Waals surface area contributed by atoms with Crippen LogP contribution in [0.5, 0.6) is 5.75 Å². The Kier molecular flexibility index (Phi) is 7.60. The van der Waals surface area contributed by atoms with E-state index in [0.29, 0.717) is 52.7 Å². The number of halogens is 2. The SMILES string of the molecule is CN1CCC(Oc2ccc(-c3cnc(Nc4ccnc(-c5cnn(S(=O)(=O)C6CC6)c5)n4)cc3NC3CC(F)(F)C3)nc2)CC1. The Bertz CT molecular complexity index is 1780. The Morgan fingerprint density at radius 1 is 0.978 bits per heavy atom. The minimum Gasteiger partial charge on any atom is -0.489 e. The molecule has 3 fully saturated rings. The summed E-state index contributed by atoms with van der Waals surface area (Å²) >= 11 is 0. The van der Waals surface area contributed by atoms with Gasteiger partial charge in [-0.15, -0.1) is 0 Å². The molecule has 1 aliphatic heterocycles. The van der Waals surface area contributed by atoms with E-state index in [-0.39, 0.29) is 24.8 Å². The van der Waals surface area contributed by atoms with E-state index in [0.717, 1.165) is 30.0 Å².